The Bertz CT molecular complexity index is 488. The van der Waals surface area contributed by atoms with Crippen LogP contribution in [0, 0.1) is 0 Å². The summed E-state index contributed by atoms with van der Waals surface area (Å²) < 4.78 is 10.7. The first-order valence-corrected chi connectivity index (χ1v) is 5.61. The molecule has 0 amide bonds. The summed E-state index contributed by atoms with van der Waals surface area (Å²) in [6.07, 6.45) is 2.28. The van der Waals surface area contributed by atoms with Gasteiger partial charge in [0.25, 0.3) is 6.10 Å². The van der Waals surface area contributed by atoms with Crippen molar-refractivity contribution in [2.24, 2.45) is 0 Å². The fourth-order valence-electron chi connectivity index (χ4n) is 1.61. The Hall–Kier alpha value is -2.23. The van der Waals surface area contributed by atoms with Crippen LogP contribution >= 0.6 is 0 Å². The van der Waals surface area contributed by atoms with Crippen LogP contribution in [0.2, 0.25) is 0 Å². The molecule has 18 heavy (non-hydrogen) atoms. The van der Waals surface area contributed by atoms with Gasteiger partial charge in [-0.25, -0.2) is 4.79 Å². The van der Waals surface area contributed by atoms with E-state index in [1.165, 1.54) is 0 Å². The van der Waals surface area contributed by atoms with Crippen LogP contribution in [0.15, 0.2) is 54.0 Å². The summed E-state index contributed by atoms with van der Waals surface area (Å²) in [5.74, 6) is -0.173. The van der Waals surface area contributed by atoms with Gasteiger partial charge in [0.05, 0.1) is 5.76 Å². The maximum Gasteiger partial charge on any atom is 0.352 e. The van der Waals surface area contributed by atoms with E-state index in [2.05, 4.69) is 0 Å². The van der Waals surface area contributed by atoms with Gasteiger partial charge in [-0.05, 0) is 24.6 Å². The molecule has 1 aliphatic heterocycles. The van der Waals surface area contributed by atoms with Gasteiger partial charge in [-0.3, -0.25) is 0 Å². The number of ether oxygens (including phenoxy) is 2. The van der Waals surface area contributed by atoms with E-state index in [0.717, 1.165) is 5.56 Å². The summed E-state index contributed by atoms with van der Waals surface area (Å²) in [6.45, 7) is 2.03. The molecule has 1 atom stereocenters. The Morgan fingerprint density at radius 3 is 2.72 bits per heavy atom. The molecule has 1 aliphatic rings. The fraction of sp³-hybridized carbons (Fsp3) is 0.214. The number of allylic oxidation sites excluding steroid dienone is 3. The molecule has 0 aliphatic carbocycles. The van der Waals surface area contributed by atoms with E-state index in [-0.39, 0.29) is 0 Å². The average Bonchev–Trinajstić information content (AvgIpc) is 2.38. The van der Waals surface area contributed by atoms with Gasteiger partial charge in [0.2, 0.25) is 0 Å². The number of carboxylic acids is 1. The van der Waals surface area contributed by atoms with Crippen LogP contribution in [0.1, 0.15) is 12.5 Å². The molecule has 0 saturated heterocycles. The quantitative estimate of drug-likeness (QED) is 0.886. The Morgan fingerprint density at radius 1 is 1.33 bits per heavy atom. The third-order valence-corrected chi connectivity index (χ3v) is 2.52. The van der Waals surface area contributed by atoms with E-state index in [1.54, 1.807) is 19.1 Å². The average molecular weight is 246 g/mol. The largest absolute Gasteiger partial charge is 0.489 e. The second-order valence-electron chi connectivity index (χ2n) is 3.96. The lowest BCUT2D eigenvalue weighted by atomic mass is 10.2. The van der Waals surface area contributed by atoms with Crippen molar-refractivity contribution >= 4 is 5.97 Å². The van der Waals surface area contributed by atoms with Gasteiger partial charge in [0.1, 0.15) is 12.4 Å². The van der Waals surface area contributed by atoms with Gasteiger partial charge in [-0.1, -0.05) is 30.3 Å². The lowest BCUT2D eigenvalue weighted by Gasteiger charge is -2.22. The van der Waals surface area contributed by atoms with Crippen molar-refractivity contribution in [2.75, 3.05) is 0 Å². The van der Waals surface area contributed by atoms with Gasteiger partial charge < -0.3 is 14.6 Å². The molecule has 4 heteroatoms. The molecule has 94 valence electrons. The van der Waals surface area contributed by atoms with E-state index in [9.17, 15) is 4.79 Å². The summed E-state index contributed by atoms with van der Waals surface area (Å²) in [5, 5.41) is 9.05. The molecule has 4 nitrogen and oxygen atoms in total. The number of hydrogen-bond acceptors (Lipinski definition) is 3. The molecule has 1 unspecified atom stereocenters. The van der Waals surface area contributed by atoms with Crippen LogP contribution in [0.25, 0.3) is 0 Å². The minimum Gasteiger partial charge on any atom is -0.489 e. The van der Waals surface area contributed by atoms with E-state index < -0.39 is 12.1 Å². The highest BCUT2D eigenvalue weighted by Gasteiger charge is 2.28. The maximum absolute atomic E-state index is 11.0. The summed E-state index contributed by atoms with van der Waals surface area (Å²) in [4.78, 5) is 11.0. The Morgan fingerprint density at radius 2 is 2.06 bits per heavy atom. The Kier molecular flexibility index (Phi) is 3.67. The molecule has 1 heterocycles. The highest BCUT2D eigenvalue weighted by Crippen LogP contribution is 2.20. The number of carboxylic acid groups (broad SMARTS) is 1. The van der Waals surface area contributed by atoms with Crippen LogP contribution in [-0.4, -0.2) is 17.2 Å². The zero-order valence-electron chi connectivity index (χ0n) is 10.00. The van der Waals surface area contributed by atoms with Crippen molar-refractivity contribution in [2.45, 2.75) is 19.6 Å². The van der Waals surface area contributed by atoms with Crippen molar-refractivity contribution in [1.82, 2.24) is 0 Å². The third-order valence-electron chi connectivity index (χ3n) is 2.52. The van der Waals surface area contributed by atoms with Crippen LogP contribution in [-0.2, 0) is 20.9 Å². The molecule has 0 aromatic heterocycles. The number of hydrogen-bond donors (Lipinski definition) is 1. The first kappa shape index (κ1) is 12.2. The van der Waals surface area contributed by atoms with Gasteiger partial charge in [0, 0.05) is 0 Å². The summed E-state index contributed by atoms with van der Waals surface area (Å²) >= 11 is 0. The van der Waals surface area contributed by atoms with E-state index in [4.69, 9.17) is 14.6 Å². The number of aliphatic carboxylic acids is 1. The monoisotopic (exact) mass is 246 g/mol. The lowest BCUT2D eigenvalue weighted by Crippen LogP contribution is -2.28. The molecule has 1 aromatic rings. The Labute approximate surface area is 105 Å². The minimum atomic E-state index is -1.06. The number of carbonyl (C=O) groups is 1. The lowest BCUT2D eigenvalue weighted by molar-refractivity contribution is -0.148. The molecule has 1 N–H and O–H groups in total. The van der Waals surface area contributed by atoms with Crippen LogP contribution < -0.4 is 0 Å². The predicted molar refractivity (Wildman–Crippen MR) is 65.6 cm³/mol. The Balaban J connectivity index is 2.05. The van der Waals surface area contributed by atoms with E-state index in [0.29, 0.717) is 18.1 Å². The highest BCUT2D eigenvalue weighted by atomic mass is 16.6. The molecule has 1 aromatic carbocycles. The summed E-state index contributed by atoms with van der Waals surface area (Å²) in [5.41, 5.74) is 0.980. The minimum absolute atomic E-state index is 0.317. The molecular weight excluding hydrogens is 232 g/mol. The van der Waals surface area contributed by atoms with E-state index in [1.807, 2.05) is 30.3 Å². The normalized spacial score (nSPS) is 18.4. The van der Waals surface area contributed by atoms with Crippen molar-refractivity contribution in [1.29, 1.82) is 0 Å². The van der Waals surface area contributed by atoms with Gasteiger partial charge in [-0.15, -0.1) is 0 Å². The van der Waals surface area contributed by atoms with Crippen LogP contribution in [0.3, 0.4) is 0 Å². The molecule has 0 radical (unpaired) electrons. The van der Waals surface area contributed by atoms with Gasteiger partial charge in [-0.2, -0.15) is 0 Å². The first-order chi connectivity index (χ1) is 8.66. The number of benzene rings is 1. The second kappa shape index (κ2) is 5.40. The summed E-state index contributed by atoms with van der Waals surface area (Å²) in [7, 11) is 0. The maximum atomic E-state index is 11.0. The highest BCUT2D eigenvalue weighted by molar-refractivity contribution is 5.76. The molecule has 0 fully saturated rings. The smallest absolute Gasteiger partial charge is 0.352 e. The molecule has 0 saturated carbocycles. The van der Waals surface area contributed by atoms with Crippen molar-refractivity contribution in [3.05, 3.63) is 59.6 Å². The van der Waals surface area contributed by atoms with Crippen molar-refractivity contribution in [3.63, 3.8) is 0 Å². The number of rotatable bonds is 4. The topological polar surface area (TPSA) is 55.8 Å². The summed E-state index contributed by atoms with van der Waals surface area (Å²) in [6, 6.07) is 9.56. The van der Waals surface area contributed by atoms with Crippen LogP contribution in [0.4, 0.5) is 0 Å². The van der Waals surface area contributed by atoms with Crippen LogP contribution in [0.5, 0.6) is 0 Å². The van der Waals surface area contributed by atoms with Gasteiger partial charge >= 0.3 is 5.97 Å². The predicted octanol–water partition coefficient (Wildman–Crippen LogP) is 2.47. The second-order valence-corrected chi connectivity index (χ2v) is 3.96. The molecular formula is C14H14O4. The molecule has 0 bridgehead atoms. The van der Waals surface area contributed by atoms with Crippen molar-refractivity contribution < 1.29 is 19.4 Å². The fourth-order valence-corrected chi connectivity index (χ4v) is 1.61. The van der Waals surface area contributed by atoms with Crippen molar-refractivity contribution in [3.8, 4) is 0 Å². The SMILES string of the molecule is CC1=CC=C(OCc2ccccc2)C(C(=O)O)O1. The van der Waals surface area contributed by atoms with Gasteiger partial charge in [0.15, 0.2) is 0 Å². The zero-order valence-corrected chi connectivity index (χ0v) is 10.00. The van der Waals surface area contributed by atoms with E-state index >= 15 is 0 Å². The molecule has 2 rings (SSSR count). The third kappa shape index (κ3) is 2.91. The first-order valence-electron chi connectivity index (χ1n) is 5.61. The zero-order chi connectivity index (χ0) is 13.0. The molecule has 0 spiro atoms. The standard InChI is InChI=1S/C14H14O4/c1-10-7-8-12(13(18-10)14(15)16)17-9-11-5-3-2-4-6-11/h2-8,13H,9H2,1H3,(H,15,16).